The number of hydrogen-bond acceptors (Lipinski definition) is 3. The van der Waals surface area contributed by atoms with Crippen LogP contribution in [-0.4, -0.2) is 21.5 Å². The van der Waals surface area contributed by atoms with Crippen molar-refractivity contribution < 1.29 is 4.79 Å². The number of nitrogens with zero attached hydrogens (tertiary/aromatic N) is 2. The largest absolute Gasteiger partial charge is 0.346 e. The molecule has 108 valence electrons. The first-order chi connectivity index (χ1) is 9.41. The first kappa shape index (κ1) is 14.5. The van der Waals surface area contributed by atoms with E-state index in [-0.39, 0.29) is 23.9 Å². The summed E-state index contributed by atoms with van der Waals surface area (Å²) in [6, 6.07) is 7.61. The van der Waals surface area contributed by atoms with Crippen LogP contribution in [-0.2, 0) is 11.8 Å². The molecule has 0 aliphatic carbocycles. The van der Waals surface area contributed by atoms with E-state index in [1.807, 2.05) is 56.7 Å². The van der Waals surface area contributed by atoms with Gasteiger partial charge in [-0.15, -0.1) is 0 Å². The maximum absolute atomic E-state index is 12.1. The summed E-state index contributed by atoms with van der Waals surface area (Å²) in [4.78, 5) is 16.7. The molecule has 5 nitrogen and oxygen atoms in total. The number of aromatic nitrogens is 2. The van der Waals surface area contributed by atoms with Gasteiger partial charge in [-0.1, -0.05) is 19.1 Å². The van der Waals surface area contributed by atoms with Gasteiger partial charge in [0, 0.05) is 19.0 Å². The van der Waals surface area contributed by atoms with Crippen LogP contribution in [0.15, 0.2) is 24.3 Å². The van der Waals surface area contributed by atoms with Crippen LogP contribution in [0.5, 0.6) is 0 Å². The van der Waals surface area contributed by atoms with Crippen molar-refractivity contribution in [1.29, 1.82) is 0 Å². The molecule has 3 N–H and O–H groups in total. The highest BCUT2D eigenvalue weighted by Crippen LogP contribution is 2.19. The molecule has 0 saturated carbocycles. The van der Waals surface area contributed by atoms with Crippen LogP contribution < -0.4 is 11.1 Å². The summed E-state index contributed by atoms with van der Waals surface area (Å²) < 4.78 is 2.01. The number of carbonyl (C=O) groups is 1. The molecule has 20 heavy (non-hydrogen) atoms. The SMILES string of the molecule is CC(NC(=O)C(C)C(C)N)c1nc2ccccc2n1C. The Labute approximate surface area is 119 Å². The molecule has 2 aromatic rings. The van der Waals surface area contributed by atoms with Gasteiger partial charge in [-0.2, -0.15) is 0 Å². The monoisotopic (exact) mass is 274 g/mol. The van der Waals surface area contributed by atoms with Gasteiger partial charge in [0.25, 0.3) is 0 Å². The van der Waals surface area contributed by atoms with Gasteiger partial charge in [-0.25, -0.2) is 4.98 Å². The molecule has 0 fully saturated rings. The third kappa shape index (κ3) is 2.67. The summed E-state index contributed by atoms with van der Waals surface area (Å²) in [5.74, 6) is 0.586. The van der Waals surface area contributed by atoms with Crippen molar-refractivity contribution in [3.63, 3.8) is 0 Å². The predicted molar refractivity (Wildman–Crippen MR) is 80.1 cm³/mol. The van der Waals surface area contributed by atoms with E-state index in [9.17, 15) is 4.79 Å². The summed E-state index contributed by atoms with van der Waals surface area (Å²) in [5.41, 5.74) is 7.76. The average Bonchev–Trinajstić information content (AvgIpc) is 2.75. The van der Waals surface area contributed by atoms with Gasteiger partial charge in [-0.3, -0.25) is 4.79 Å². The number of imidazole rings is 1. The highest BCUT2D eigenvalue weighted by molar-refractivity contribution is 5.80. The van der Waals surface area contributed by atoms with Gasteiger partial charge in [0.05, 0.1) is 17.1 Å². The summed E-state index contributed by atoms with van der Waals surface area (Å²) in [7, 11) is 1.96. The molecular formula is C15H22N4O. The second-order valence-electron chi connectivity index (χ2n) is 5.40. The zero-order chi connectivity index (χ0) is 14.9. The molecule has 0 radical (unpaired) electrons. The zero-order valence-corrected chi connectivity index (χ0v) is 12.4. The zero-order valence-electron chi connectivity index (χ0n) is 12.4. The molecule has 0 spiro atoms. The van der Waals surface area contributed by atoms with Crippen molar-refractivity contribution in [2.24, 2.45) is 18.7 Å². The minimum atomic E-state index is -0.216. The highest BCUT2D eigenvalue weighted by Gasteiger charge is 2.21. The molecule has 1 heterocycles. The molecule has 1 aromatic heterocycles. The van der Waals surface area contributed by atoms with Crippen molar-refractivity contribution in [3.8, 4) is 0 Å². The van der Waals surface area contributed by atoms with E-state index < -0.39 is 0 Å². The minimum Gasteiger partial charge on any atom is -0.346 e. The highest BCUT2D eigenvalue weighted by atomic mass is 16.2. The first-order valence-corrected chi connectivity index (χ1v) is 6.89. The lowest BCUT2D eigenvalue weighted by molar-refractivity contribution is -0.125. The number of nitrogens with one attached hydrogen (secondary N) is 1. The van der Waals surface area contributed by atoms with Crippen molar-refractivity contribution in [3.05, 3.63) is 30.1 Å². The van der Waals surface area contributed by atoms with E-state index in [2.05, 4.69) is 10.3 Å². The molecule has 3 unspecified atom stereocenters. The van der Waals surface area contributed by atoms with Gasteiger partial charge in [-0.05, 0) is 26.0 Å². The molecule has 2 rings (SSSR count). The second-order valence-corrected chi connectivity index (χ2v) is 5.40. The van der Waals surface area contributed by atoms with E-state index in [1.54, 1.807) is 0 Å². The van der Waals surface area contributed by atoms with Crippen molar-refractivity contribution in [2.75, 3.05) is 0 Å². The van der Waals surface area contributed by atoms with Crippen LogP contribution in [0.1, 0.15) is 32.6 Å². The minimum absolute atomic E-state index is 0.0421. The first-order valence-electron chi connectivity index (χ1n) is 6.89. The normalized spacial score (nSPS) is 15.8. The molecular weight excluding hydrogens is 252 g/mol. The quantitative estimate of drug-likeness (QED) is 0.892. The molecule has 0 aliphatic rings. The number of aryl methyl sites for hydroxylation is 1. The Kier molecular flexibility index (Phi) is 4.09. The van der Waals surface area contributed by atoms with Crippen LogP contribution in [0.3, 0.4) is 0 Å². The van der Waals surface area contributed by atoms with Crippen LogP contribution in [0.2, 0.25) is 0 Å². The number of benzene rings is 1. The molecule has 0 saturated heterocycles. The molecule has 1 aromatic carbocycles. The van der Waals surface area contributed by atoms with Gasteiger partial charge < -0.3 is 15.6 Å². The number of amides is 1. The van der Waals surface area contributed by atoms with E-state index in [0.717, 1.165) is 16.9 Å². The van der Waals surface area contributed by atoms with Crippen LogP contribution in [0.4, 0.5) is 0 Å². The summed E-state index contributed by atoms with van der Waals surface area (Å²) in [6.07, 6.45) is 0. The Morgan fingerprint density at radius 2 is 1.95 bits per heavy atom. The number of fused-ring (bicyclic) bond motifs is 1. The fourth-order valence-corrected chi connectivity index (χ4v) is 2.20. The van der Waals surface area contributed by atoms with E-state index in [4.69, 9.17) is 5.73 Å². The van der Waals surface area contributed by atoms with Crippen LogP contribution in [0, 0.1) is 5.92 Å². The molecule has 0 aliphatic heterocycles. The molecule has 3 atom stereocenters. The summed E-state index contributed by atoms with van der Waals surface area (Å²) in [6.45, 7) is 5.61. The topological polar surface area (TPSA) is 72.9 Å². The van der Waals surface area contributed by atoms with E-state index >= 15 is 0 Å². The number of rotatable bonds is 4. The lowest BCUT2D eigenvalue weighted by Crippen LogP contribution is -2.40. The average molecular weight is 274 g/mol. The Bertz CT molecular complexity index is 617. The van der Waals surface area contributed by atoms with Crippen molar-refractivity contribution in [1.82, 2.24) is 14.9 Å². The third-order valence-corrected chi connectivity index (χ3v) is 3.77. The fraction of sp³-hybridized carbons (Fsp3) is 0.467. The van der Waals surface area contributed by atoms with Crippen molar-refractivity contribution in [2.45, 2.75) is 32.9 Å². The van der Waals surface area contributed by atoms with Gasteiger partial charge in [0.2, 0.25) is 5.91 Å². The standard InChI is InChI=1S/C15H22N4O/c1-9(10(2)16)15(20)17-11(3)14-18-12-7-5-6-8-13(12)19(14)4/h5-11H,16H2,1-4H3,(H,17,20). The van der Waals surface area contributed by atoms with Gasteiger partial charge in [0.1, 0.15) is 5.82 Å². The number of hydrogen-bond donors (Lipinski definition) is 2. The Hall–Kier alpha value is -1.88. The number of para-hydroxylation sites is 2. The Balaban J connectivity index is 2.21. The predicted octanol–water partition coefficient (Wildman–Crippen LogP) is 1.73. The smallest absolute Gasteiger partial charge is 0.224 e. The Morgan fingerprint density at radius 3 is 2.55 bits per heavy atom. The summed E-state index contributed by atoms with van der Waals surface area (Å²) in [5, 5.41) is 2.98. The summed E-state index contributed by atoms with van der Waals surface area (Å²) >= 11 is 0. The maximum atomic E-state index is 12.1. The lowest BCUT2D eigenvalue weighted by Gasteiger charge is -2.19. The van der Waals surface area contributed by atoms with Gasteiger partial charge in [0.15, 0.2) is 0 Å². The molecule has 1 amide bonds. The number of nitrogens with two attached hydrogens (primary N) is 1. The Morgan fingerprint density at radius 1 is 1.30 bits per heavy atom. The fourth-order valence-electron chi connectivity index (χ4n) is 2.20. The third-order valence-electron chi connectivity index (χ3n) is 3.77. The van der Waals surface area contributed by atoms with Crippen LogP contribution >= 0.6 is 0 Å². The molecule has 0 bridgehead atoms. The van der Waals surface area contributed by atoms with E-state index in [0.29, 0.717) is 0 Å². The number of carbonyl (C=O) groups excluding carboxylic acids is 1. The lowest BCUT2D eigenvalue weighted by atomic mass is 10.0. The molecule has 5 heteroatoms. The van der Waals surface area contributed by atoms with Gasteiger partial charge >= 0.3 is 0 Å². The van der Waals surface area contributed by atoms with E-state index in [1.165, 1.54) is 0 Å². The van der Waals surface area contributed by atoms with Crippen molar-refractivity contribution >= 4 is 16.9 Å². The van der Waals surface area contributed by atoms with Crippen LogP contribution in [0.25, 0.3) is 11.0 Å². The second kappa shape index (κ2) is 5.63. The maximum Gasteiger partial charge on any atom is 0.224 e.